The van der Waals surface area contributed by atoms with Crippen molar-refractivity contribution < 1.29 is 0 Å². The van der Waals surface area contributed by atoms with E-state index in [1.165, 1.54) is 4.90 Å². The minimum Gasteiger partial charge on any atom is -0.302 e. The molecule has 0 bridgehead atoms. The summed E-state index contributed by atoms with van der Waals surface area (Å²) >= 11 is 5.19. The fourth-order valence-electron chi connectivity index (χ4n) is 1.28. The first kappa shape index (κ1) is 13.6. The van der Waals surface area contributed by atoms with Gasteiger partial charge in [0.15, 0.2) is 0 Å². The molecule has 86 valence electrons. The maximum atomic E-state index is 8.86. The van der Waals surface area contributed by atoms with Gasteiger partial charge in [-0.15, -0.1) is 11.8 Å². The van der Waals surface area contributed by atoms with E-state index in [2.05, 4.69) is 39.4 Å². The summed E-state index contributed by atoms with van der Waals surface area (Å²) in [4.78, 5) is 1.25. The van der Waals surface area contributed by atoms with Gasteiger partial charge in [0.05, 0.1) is 12.1 Å². The monoisotopic (exact) mass is 298 g/mol. The van der Waals surface area contributed by atoms with Gasteiger partial charge >= 0.3 is 0 Å². The summed E-state index contributed by atoms with van der Waals surface area (Å²) in [6.07, 6.45) is 0.880. The third-order valence-electron chi connectivity index (χ3n) is 2.10. The van der Waals surface area contributed by atoms with Gasteiger partial charge in [0.25, 0.3) is 0 Å². The lowest BCUT2D eigenvalue weighted by Gasteiger charge is -2.08. The number of hydrogen-bond donors (Lipinski definition) is 1. The molecule has 1 rings (SSSR count). The minimum absolute atomic E-state index is 0.0204. The second-order valence-corrected chi connectivity index (χ2v) is 5.41. The van der Waals surface area contributed by atoms with Crippen LogP contribution in [-0.2, 0) is 0 Å². The van der Waals surface area contributed by atoms with Gasteiger partial charge in [0, 0.05) is 15.1 Å². The molecule has 1 aromatic rings. The Balaban J connectivity index is 2.30. The number of rotatable bonds is 6. The molecule has 4 heteroatoms. The molecule has 1 atom stereocenters. The highest BCUT2D eigenvalue weighted by Gasteiger charge is 2.04. The first-order chi connectivity index (χ1) is 7.76. The van der Waals surface area contributed by atoms with Gasteiger partial charge in [-0.3, -0.25) is 0 Å². The molecular formula is C12H15BrN2S. The Morgan fingerprint density at radius 1 is 1.44 bits per heavy atom. The summed E-state index contributed by atoms with van der Waals surface area (Å²) in [7, 11) is 0. The maximum Gasteiger partial charge on any atom is 0.0960 e. The highest BCUT2D eigenvalue weighted by atomic mass is 79.9. The van der Waals surface area contributed by atoms with E-state index in [9.17, 15) is 0 Å². The predicted octanol–water partition coefficient (Wildman–Crippen LogP) is 3.43. The lowest BCUT2D eigenvalue weighted by Crippen LogP contribution is -2.27. The Hall–Kier alpha value is -0.500. The Morgan fingerprint density at radius 3 is 2.69 bits per heavy atom. The van der Waals surface area contributed by atoms with Crippen molar-refractivity contribution >= 4 is 27.7 Å². The smallest absolute Gasteiger partial charge is 0.0960 e. The van der Waals surface area contributed by atoms with E-state index in [4.69, 9.17) is 5.26 Å². The van der Waals surface area contributed by atoms with Crippen LogP contribution in [0.4, 0.5) is 0 Å². The average molecular weight is 299 g/mol. The molecule has 0 amide bonds. The number of hydrogen-bond acceptors (Lipinski definition) is 3. The van der Waals surface area contributed by atoms with Gasteiger partial charge in [-0.2, -0.15) is 5.26 Å². The number of nitrogens with zero attached hydrogens (tertiary/aromatic N) is 1. The molecule has 0 aliphatic rings. The van der Waals surface area contributed by atoms with Crippen molar-refractivity contribution in [1.82, 2.24) is 5.32 Å². The van der Waals surface area contributed by atoms with Gasteiger partial charge in [-0.1, -0.05) is 22.9 Å². The zero-order valence-corrected chi connectivity index (χ0v) is 11.6. The van der Waals surface area contributed by atoms with Gasteiger partial charge in [0.2, 0.25) is 0 Å². The number of thioether (sulfide) groups is 1. The summed E-state index contributed by atoms with van der Waals surface area (Å²) in [5, 5.41) is 12.0. The molecule has 1 unspecified atom stereocenters. The number of halogens is 1. The number of nitrogens with one attached hydrogen (secondary N) is 1. The van der Waals surface area contributed by atoms with Crippen molar-refractivity contribution in [1.29, 1.82) is 5.26 Å². The van der Waals surface area contributed by atoms with Crippen molar-refractivity contribution in [2.45, 2.75) is 24.3 Å². The van der Waals surface area contributed by atoms with Crippen molar-refractivity contribution in [3.63, 3.8) is 0 Å². The summed E-state index contributed by atoms with van der Waals surface area (Å²) in [6.45, 7) is 2.87. The quantitative estimate of drug-likeness (QED) is 0.817. The normalized spacial score (nSPS) is 12.1. The second-order valence-electron chi connectivity index (χ2n) is 3.33. The molecule has 2 nitrogen and oxygen atoms in total. The van der Waals surface area contributed by atoms with Crippen LogP contribution in [0.25, 0.3) is 0 Å². The van der Waals surface area contributed by atoms with E-state index >= 15 is 0 Å². The number of nitriles is 1. The van der Waals surface area contributed by atoms with E-state index < -0.39 is 0 Å². The molecule has 0 heterocycles. The van der Waals surface area contributed by atoms with Gasteiger partial charge in [0.1, 0.15) is 0 Å². The third kappa shape index (κ3) is 5.02. The standard InChI is InChI=1S/C12H15BrN2S/c1-2-15-11(9-14)7-8-16-12-5-3-10(13)4-6-12/h3-6,11,15H,2,7-8H2,1H3. The van der Waals surface area contributed by atoms with Crippen LogP contribution in [0.15, 0.2) is 33.6 Å². The molecule has 1 N–H and O–H groups in total. The van der Waals surface area contributed by atoms with Crippen LogP contribution in [0, 0.1) is 11.3 Å². The highest BCUT2D eigenvalue weighted by molar-refractivity contribution is 9.10. The third-order valence-corrected chi connectivity index (χ3v) is 3.67. The Kier molecular flexibility index (Phi) is 6.55. The van der Waals surface area contributed by atoms with Gasteiger partial charge in [-0.25, -0.2) is 0 Å². The summed E-state index contributed by atoms with van der Waals surface area (Å²) < 4.78 is 1.10. The molecule has 0 saturated carbocycles. The van der Waals surface area contributed by atoms with E-state index in [0.29, 0.717) is 0 Å². The molecule has 0 aliphatic carbocycles. The molecule has 0 radical (unpaired) electrons. The highest BCUT2D eigenvalue weighted by Crippen LogP contribution is 2.21. The van der Waals surface area contributed by atoms with E-state index in [-0.39, 0.29) is 6.04 Å². The summed E-state index contributed by atoms with van der Waals surface area (Å²) in [6, 6.07) is 10.5. The first-order valence-electron chi connectivity index (χ1n) is 5.27. The fraction of sp³-hybridized carbons (Fsp3) is 0.417. The Morgan fingerprint density at radius 2 is 2.12 bits per heavy atom. The van der Waals surface area contributed by atoms with Crippen molar-refractivity contribution in [3.8, 4) is 6.07 Å². The first-order valence-corrected chi connectivity index (χ1v) is 7.05. The lowest BCUT2D eigenvalue weighted by molar-refractivity contribution is 0.613. The molecule has 16 heavy (non-hydrogen) atoms. The topological polar surface area (TPSA) is 35.8 Å². The van der Waals surface area contributed by atoms with Crippen LogP contribution in [0.3, 0.4) is 0 Å². The van der Waals surface area contributed by atoms with Crippen LogP contribution < -0.4 is 5.32 Å². The number of benzene rings is 1. The molecule has 0 aliphatic heterocycles. The fourth-order valence-corrected chi connectivity index (χ4v) is 2.47. The second kappa shape index (κ2) is 7.72. The van der Waals surface area contributed by atoms with Crippen LogP contribution in [-0.4, -0.2) is 18.3 Å². The zero-order chi connectivity index (χ0) is 11.8. The van der Waals surface area contributed by atoms with E-state index in [1.54, 1.807) is 11.8 Å². The molecule has 0 spiro atoms. The Labute approximate surface area is 110 Å². The van der Waals surface area contributed by atoms with Crippen LogP contribution >= 0.6 is 27.7 Å². The maximum absolute atomic E-state index is 8.86. The van der Waals surface area contributed by atoms with Crippen LogP contribution in [0.5, 0.6) is 0 Å². The van der Waals surface area contributed by atoms with Gasteiger partial charge < -0.3 is 5.32 Å². The largest absolute Gasteiger partial charge is 0.302 e. The molecule has 1 aromatic carbocycles. The van der Waals surface area contributed by atoms with E-state index in [0.717, 1.165) is 23.2 Å². The van der Waals surface area contributed by atoms with Crippen LogP contribution in [0.1, 0.15) is 13.3 Å². The molecule has 0 saturated heterocycles. The average Bonchev–Trinajstić information content (AvgIpc) is 2.30. The van der Waals surface area contributed by atoms with Gasteiger partial charge in [-0.05, 0) is 37.2 Å². The van der Waals surface area contributed by atoms with Crippen molar-refractivity contribution in [2.75, 3.05) is 12.3 Å². The van der Waals surface area contributed by atoms with Crippen molar-refractivity contribution in [3.05, 3.63) is 28.7 Å². The van der Waals surface area contributed by atoms with Crippen LogP contribution in [0.2, 0.25) is 0 Å². The summed E-state index contributed by atoms with van der Waals surface area (Å²) in [5.41, 5.74) is 0. The molecule has 0 aromatic heterocycles. The predicted molar refractivity (Wildman–Crippen MR) is 72.6 cm³/mol. The Bertz CT molecular complexity index is 345. The lowest BCUT2D eigenvalue weighted by atomic mass is 10.2. The SMILES string of the molecule is CCNC(C#N)CCSc1ccc(Br)cc1. The van der Waals surface area contributed by atoms with Crippen molar-refractivity contribution in [2.24, 2.45) is 0 Å². The minimum atomic E-state index is -0.0204. The molecule has 0 fully saturated rings. The summed E-state index contributed by atoms with van der Waals surface area (Å²) in [5.74, 6) is 0.965. The van der Waals surface area contributed by atoms with E-state index in [1.807, 2.05) is 19.1 Å². The zero-order valence-electron chi connectivity index (χ0n) is 9.24. The molecular weight excluding hydrogens is 284 g/mol.